The van der Waals surface area contributed by atoms with Crippen molar-refractivity contribution in [2.75, 3.05) is 0 Å². The molecule has 2 aliphatic rings. The maximum Gasteiger partial charge on any atom is 0.336 e. The fraction of sp³-hybridized carbons (Fsp3) is 0.526. The Morgan fingerprint density at radius 3 is 2.52 bits per heavy atom. The summed E-state index contributed by atoms with van der Waals surface area (Å²) in [4.78, 5) is 36.2. The summed E-state index contributed by atoms with van der Waals surface area (Å²) < 4.78 is 5.20. The second-order valence-electron chi connectivity index (χ2n) is 6.89. The molecule has 6 heteroatoms. The van der Waals surface area contributed by atoms with Crippen LogP contribution in [-0.4, -0.2) is 46.1 Å². The van der Waals surface area contributed by atoms with Gasteiger partial charge in [-0.2, -0.15) is 0 Å². The Bertz CT molecular complexity index is 657. The van der Waals surface area contributed by atoms with Crippen LogP contribution >= 0.6 is 0 Å². The standard InChI is InChI=1S/C19H24O6/c1-10(2)12-4-5-14-18(23)17(25-19(14)24)7-11(3)6-15(21)16(22)9-13(20)8-12/h5-6,12,16-18,22-23H,1,4,7-9H2,2-3H3. The first-order chi connectivity index (χ1) is 11.7. The fourth-order valence-electron chi connectivity index (χ4n) is 3.07. The van der Waals surface area contributed by atoms with E-state index in [2.05, 4.69) is 6.58 Å². The Balaban J connectivity index is 2.35. The van der Waals surface area contributed by atoms with Crippen molar-refractivity contribution in [1.82, 2.24) is 0 Å². The average Bonchev–Trinajstić information content (AvgIpc) is 2.76. The highest BCUT2D eigenvalue weighted by atomic mass is 16.6. The lowest BCUT2D eigenvalue weighted by molar-refractivity contribution is -0.139. The molecule has 1 heterocycles. The summed E-state index contributed by atoms with van der Waals surface area (Å²) in [6.45, 7) is 7.29. The van der Waals surface area contributed by atoms with Crippen LogP contribution in [0.3, 0.4) is 0 Å². The predicted molar refractivity (Wildman–Crippen MR) is 90.5 cm³/mol. The van der Waals surface area contributed by atoms with Crippen molar-refractivity contribution in [3.05, 3.63) is 35.5 Å². The molecule has 1 fully saturated rings. The number of carbonyl (C=O) groups excluding carboxylic acids is 3. The Morgan fingerprint density at radius 2 is 1.88 bits per heavy atom. The van der Waals surface area contributed by atoms with Gasteiger partial charge in [-0.25, -0.2) is 4.79 Å². The van der Waals surface area contributed by atoms with E-state index < -0.39 is 30.1 Å². The molecule has 4 atom stereocenters. The van der Waals surface area contributed by atoms with Crippen LogP contribution < -0.4 is 0 Å². The molecule has 2 bridgehead atoms. The van der Waals surface area contributed by atoms with Crippen LogP contribution in [-0.2, 0) is 19.1 Å². The lowest BCUT2D eigenvalue weighted by Gasteiger charge is -2.17. The van der Waals surface area contributed by atoms with E-state index >= 15 is 0 Å². The third-order valence-electron chi connectivity index (χ3n) is 4.62. The van der Waals surface area contributed by atoms with Gasteiger partial charge in [0.1, 0.15) is 24.1 Å². The number of hydrogen-bond acceptors (Lipinski definition) is 6. The van der Waals surface area contributed by atoms with Crippen molar-refractivity contribution in [3.8, 4) is 0 Å². The number of ether oxygens (including phenoxy) is 1. The van der Waals surface area contributed by atoms with Gasteiger partial charge in [-0.1, -0.05) is 23.8 Å². The number of carbonyl (C=O) groups is 3. The quantitative estimate of drug-likeness (QED) is 0.549. The van der Waals surface area contributed by atoms with Crippen LogP contribution in [0, 0.1) is 5.92 Å². The molecule has 136 valence electrons. The second-order valence-corrected chi connectivity index (χ2v) is 6.89. The maximum absolute atomic E-state index is 12.2. The molecule has 1 aliphatic heterocycles. The molecule has 0 aromatic carbocycles. The molecule has 2 rings (SSSR count). The zero-order valence-electron chi connectivity index (χ0n) is 14.5. The highest BCUT2D eigenvalue weighted by Crippen LogP contribution is 2.29. The number of aliphatic hydroxyl groups excluding tert-OH is 2. The average molecular weight is 348 g/mol. The lowest BCUT2D eigenvalue weighted by Crippen LogP contribution is -2.25. The Morgan fingerprint density at radius 1 is 1.20 bits per heavy atom. The van der Waals surface area contributed by atoms with Gasteiger partial charge < -0.3 is 14.9 Å². The van der Waals surface area contributed by atoms with Crippen LogP contribution in [0.2, 0.25) is 0 Å². The van der Waals surface area contributed by atoms with E-state index in [-0.39, 0.29) is 36.5 Å². The van der Waals surface area contributed by atoms with Gasteiger partial charge in [-0.05, 0) is 32.3 Å². The van der Waals surface area contributed by atoms with Gasteiger partial charge >= 0.3 is 5.97 Å². The third kappa shape index (κ3) is 4.74. The van der Waals surface area contributed by atoms with Gasteiger partial charge in [0.05, 0.1) is 5.57 Å². The largest absolute Gasteiger partial charge is 0.455 e. The second kappa shape index (κ2) is 7.89. The van der Waals surface area contributed by atoms with Crippen LogP contribution in [0.4, 0.5) is 0 Å². The zero-order valence-corrected chi connectivity index (χ0v) is 14.5. The highest BCUT2D eigenvalue weighted by Gasteiger charge is 2.38. The zero-order chi connectivity index (χ0) is 18.7. The number of fused-ring (bicyclic) bond motifs is 2. The molecule has 0 radical (unpaired) electrons. The molecule has 4 unspecified atom stereocenters. The minimum absolute atomic E-state index is 0.112. The monoisotopic (exact) mass is 348 g/mol. The molecule has 0 spiro atoms. The summed E-state index contributed by atoms with van der Waals surface area (Å²) in [7, 11) is 0. The number of allylic oxidation sites excluding steroid dienone is 2. The van der Waals surface area contributed by atoms with Crippen molar-refractivity contribution in [2.45, 2.75) is 57.8 Å². The normalized spacial score (nSPS) is 31.8. The minimum Gasteiger partial charge on any atom is -0.455 e. The molecule has 0 saturated carbocycles. The van der Waals surface area contributed by atoms with E-state index in [1.807, 2.05) is 0 Å². The van der Waals surface area contributed by atoms with Crippen molar-refractivity contribution >= 4 is 17.5 Å². The minimum atomic E-state index is -1.39. The van der Waals surface area contributed by atoms with Gasteiger partial charge in [0.15, 0.2) is 5.78 Å². The smallest absolute Gasteiger partial charge is 0.336 e. The van der Waals surface area contributed by atoms with E-state index in [0.717, 1.165) is 5.57 Å². The van der Waals surface area contributed by atoms with E-state index in [0.29, 0.717) is 12.0 Å². The van der Waals surface area contributed by atoms with Crippen LogP contribution in [0.1, 0.15) is 39.5 Å². The first kappa shape index (κ1) is 19.3. The van der Waals surface area contributed by atoms with E-state index in [4.69, 9.17) is 4.74 Å². The Hall–Kier alpha value is -2.05. The van der Waals surface area contributed by atoms with E-state index in [9.17, 15) is 24.6 Å². The summed E-state index contributed by atoms with van der Waals surface area (Å²) in [5.74, 6) is -1.63. The van der Waals surface area contributed by atoms with Crippen molar-refractivity contribution < 1.29 is 29.3 Å². The molecule has 0 amide bonds. The molecule has 0 aromatic rings. The third-order valence-corrected chi connectivity index (χ3v) is 4.62. The number of Topliss-reactive ketones (excluding diaryl/α,β-unsaturated/α-hetero) is 1. The molecule has 1 aliphatic carbocycles. The summed E-state index contributed by atoms with van der Waals surface area (Å²) in [5.41, 5.74) is 1.50. The summed E-state index contributed by atoms with van der Waals surface area (Å²) in [6, 6.07) is 0. The fourth-order valence-corrected chi connectivity index (χ4v) is 3.07. The van der Waals surface area contributed by atoms with Gasteiger partial charge in [0.2, 0.25) is 0 Å². The van der Waals surface area contributed by atoms with E-state index in [1.54, 1.807) is 19.9 Å². The highest BCUT2D eigenvalue weighted by molar-refractivity contribution is 5.97. The molecule has 1 saturated heterocycles. The van der Waals surface area contributed by atoms with Crippen molar-refractivity contribution in [3.63, 3.8) is 0 Å². The number of esters is 1. The van der Waals surface area contributed by atoms with Crippen molar-refractivity contribution in [1.29, 1.82) is 0 Å². The number of ketones is 2. The van der Waals surface area contributed by atoms with Crippen molar-refractivity contribution in [2.24, 2.45) is 5.92 Å². The van der Waals surface area contributed by atoms with Gasteiger partial charge in [-0.3, -0.25) is 9.59 Å². The first-order valence-electron chi connectivity index (χ1n) is 8.34. The van der Waals surface area contributed by atoms with Gasteiger partial charge in [0.25, 0.3) is 0 Å². The Kier molecular flexibility index (Phi) is 6.08. The predicted octanol–water partition coefficient (Wildman–Crippen LogP) is 1.41. The van der Waals surface area contributed by atoms with Gasteiger partial charge in [-0.15, -0.1) is 0 Å². The summed E-state index contributed by atoms with van der Waals surface area (Å²) >= 11 is 0. The molecular formula is C19H24O6. The summed E-state index contributed by atoms with van der Waals surface area (Å²) in [5, 5.41) is 20.3. The Labute approximate surface area is 146 Å². The number of hydrogen-bond donors (Lipinski definition) is 2. The lowest BCUT2D eigenvalue weighted by atomic mass is 9.88. The SMILES string of the molecule is C=C(C)C1CC=C2C(=O)OC(CC(C)=CC(=O)C(O)CC(=O)C1)C2O. The number of rotatable bonds is 1. The first-order valence-corrected chi connectivity index (χ1v) is 8.34. The maximum atomic E-state index is 12.2. The number of aliphatic hydroxyl groups is 2. The summed E-state index contributed by atoms with van der Waals surface area (Å²) in [6.07, 6.45) is 0.0140. The topological polar surface area (TPSA) is 101 Å². The van der Waals surface area contributed by atoms with Crippen LogP contribution in [0.15, 0.2) is 35.5 Å². The van der Waals surface area contributed by atoms with Crippen LogP contribution in [0.5, 0.6) is 0 Å². The molecular weight excluding hydrogens is 324 g/mol. The van der Waals surface area contributed by atoms with Crippen LogP contribution in [0.25, 0.3) is 0 Å². The van der Waals surface area contributed by atoms with Gasteiger partial charge in [0, 0.05) is 19.3 Å². The molecule has 2 N–H and O–H groups in total. The molecule has 25 heavy (non-hydrogen) atoms. The molecule has 0 aromatic heterocycles. The van der Waals surface area contributed by atoms with E-state index in [1.165, 1.54) is 6.08 Å². The molecule has 6 nitrogen and oxygen atoms in total.